The largest absolute Gasteiger partial charge is 0.416 e. The van der Waals surface area contributed by atoms with Crippen LogP contribution in [0.25, 0.3) is 0 Å². The smallest absolute Gasteiger partial charge is 0.334 e. The van der Waals surface area contributed by atoms with Gasteiger partial charge in [-0.1, -0.05) is 6.07 Å². The lowest BCUT2D eigenvalue weighted by Gasteiger charge is -2.38. The highest BCUT2D eigenvalue weighted by molar-refractivity contribution is 5.95. The monoisotopic (exact) mass is 296 g/mol. The second-order valence-corrected chi connectivity index (χ2v) is 4.79. The van der Waals surface area contributed by atoms with Crippen molar-refractivity contribution in [1.82, 2.24) is 19.9 Å². The third-order valence-electron chi connectivity index (χ3n) is 3.35. The number of hydrogen-bond donors (Lipinski definition) is 0. The first-order chi connectivity index (χ1) is 9.95. The van der Waals surface area contributed by atoms with E-state index in [4.69, 9.17) is 0 Å². The van der Waals surface area contributed by atoms with Gasteiger partial charge in [-0.25, -0.2) is 0 Å². The van der Waals surface area contributed by atoms with E-state index in [1.165, 1.54) is 34.2 Å². The third kappa shape index (κ3) is 2.61. The Labute approximate surface area is 118 Å². The molecule has 0 bridgehead atoms. The quantitative estimate of drug-likeness (QED) is 0.851. The van der Waals surface area contributed by atoms with Gasteiger partial charge in [-0.3, -0.25) is 4.79 Å². The van der Waals surface area contributed by atoms with Gasteiger partial charge in [0.05, 0.1) is 18.0 Å². The van der Waals surface area contributed by atoms with Crippen molar-refractivity contribution < 1.29 is 18.0 Å². The molecule has 1 fully saturated rings. The van der Waals surface area contributed by atoms with Gasteiger partial charge in [0.15, 0.2) is 0 Å². The standard InChI is InChI=1S/C13H11F3N4O/c14-13(15,16)10-3-1-2-9(6-10)12(21)19-7-11(8-19)20-17-4-5-18-20/h1-6,11H,7-8H2. The zero-order chi connectivity index (χ0) is 15.0. The van der Waals surface area contributed by atoms with Crippen LogP contribution in [0, 0.1) is 0 Å². The van der Waals surface area contributed by atoms with Crippen molar-refractivity contribution in [3.8, 4) is 0 Å². The van der Waals surface area contributed by atoms with Crippen molar-refractivity contribution in [2.75, 3.05) is 13.1 Å². The Hall–Kier alpha value is -2.38. The highest BCUT2D eigenvalue weighted by Crippen LogP contribution is 2.30. The summed E-state index contributed by atoms with van der Waals surface area (Å²) in [6, 6.07) is 4.43. The molecule has 2 heterocycles. The summed E-state index contributed by atoms with van der Waals surface area (Å²) < 4.78 is 37.9. The number of aromatic nitrogens is 3. The molecule has 1 aromatic carbocycles. The predicted molar refractivity (Wildman–Crippen MR) is 66.4 cm³/mol. The molecule has 0 N–H and O–H groups in total. The number of likely N-dealkylation sites (tertiary alicyclic amines) is 1. The molecular formula is C13H11F3N4O. The molecule has 110 valence electrons. The molecule has 21 heavy (non-hydrogen) atoms. The lowest BCUT2D eigenvalue weighted by Crippen LogP contribution is -2.51. The number of benzene rings is 1. The fourth-order valence-corrected chi connectivity index (χ4v) is 2.19. The molecule has 0 atom stereocenters. The molecule has 1 aromatic heterocycles. The van der Waals surface area contributed by atoms with Crippen LogP contribution in [-0.4, -0.2) is 38.9 Å². The molecule has 0 spiro atoms. The fraction of sp³-hybridized carbons (Fsp3) is 0.308. The molecule has 5 nitrogen and oxygen atoms in total. The summed E-state index contributed by atoms with van der Waals surface area (Å²) in [5.74, 6) is -0.412. The average Bonchev–Trinajstić information content (AvgIpc) is 2.90. The first kappa shape index (κ1) is 13.6. The Balaban J connectivity index is 1.70. The highest BCUT2D eigenvalue weighted by Gasteiger charge is 2.35. The van der Waals surface area contributed by atoms with Gasteiger partial charge in [0.2, 0.25) is 0 Å². The van der Waals surface area contributed by atoms with E-state index in [2.05, 4.69) is 10.2 Å². The maximum atomic E-state index is 12.6. The van der Waals surface area contributed by atoms with Gasteiger partial charge in [-0.05, 0) is 18.2 Å². The summed E-state index contributed by atoms with van der Waals surface area (Å²) in [6.07, 6.45) is -1.37. The molecule has 0 saturated carbocycles. The maximum Gasteiger partial charge on any atom is 0.416 e. The van der Waals surface area contributed by atoms with E-state index >= 15 is 0 Å². The van der Waals surface area contributed by atoms with E-state index < -0.39 is 17.6 Å². The minimum Gasteiger partial charge on any atom is -0.334 e. The molecule has 0 aliphatic carbocycles. The Morgan fingerprint density at radius 1 is 1.19 bits per heavy atom. The number of carbonyl (C=O) groups is 1. The van der Waals surface area contributed by atoms with Crippen LogP contribution in [0.2, 0.25) is 0 Å². The number of carbonyl (C=O) groups excluding carboxylic acids is 1. The van der Waals surface area contributed by atoms with E-state index in [1.54, 1.807) is 0 Å². The van der Waals surface area contributed by atoms with E-state index in [-0.39, 0.29) is 11.6 Å². The van der Waals surface area contributed by atoms with Gasteiger partial charge in [-0.2, -0.15) is 28.2 Å². The molecule has 8 heteroatoms. The van der Waals surface area contributed by atoms with Gasteiger partial charge < -0.3 is 4.90 Å². The summed E-state index contributed by atoms with van der Waals surface area (Å²) in [5, 5.41) is 7.94. The van der Waals surface area contributed by atoms with Crippen molar-refractivity contribution in [2.45, 2.75) is 12.2 Å². The van der Waals surface area contributed by atoms with E-state index in [0.29, 0.717) is 13.1 Å². The molecule has 1 saturated heterocycles. The van der Waals surface area contributed by atoms with E-state index in [9.17, 15) is 18.0 Å². The Morgan fingerprint density at radius 3 is 2.48 bits per heavy atom. The maximum absolute atomic E-state index is 12.6. The topological polar surface area (TPSA) is 51.0 Å². The molecule has 2 aromatic rings. The summed E-state index contributed by atoms with van der Waals surface area (Å²) in [5.41, 5.74) is -0.782. The van der Waals surface area contributed by atoms with Crippen LogP contribution in [0.1, 0.15) is 22.0 Å². The van der Waals surface area contributed by atoms with Crippen molar-refractivity contribution in [3.63, 3.8) is 0 Å². The molecule has 1 amide bonds. The van der Waals surface area contributed by atoms with E-state index in [1.807, 2.05) is 0 Å². The van der Waals surface area contributed by atoms with Crippen LogP contribution >= 0.6 is 0 Å². The third-order valence-corrected chi connectivity index (χ3v) is 3.35. The van der Waals surface area contributed by atoms with Gasteiger partial charge in [0, 0.05) is 18.7 Å². The Kier molecular flexibility index (Phi) is 3.15. The van der Waals surface area contributed by atoms with Gasteiger partial charge in [0.25, 0.3) is 5.91 Å². The zero-order valence-corrected chi connectivity index (χ0v) is 10.8. The molecule has 0 radical (unpaired) electrons. The van der Waals surface area contributed by atoms with Crippen LogP contribution < -0.4 is 0 Å². The second kappa shape index (κ2) is 4.87. The van der Waals surface area contributed by atoms with Crippen molar-refractivity contribution in [2.24, 2.45) is 0 Å². The molecule has 1 aliphatic rings. The van der Waals surface area contributed by atoms with Gasteiger partial charge in [0.1, 0.15) is 6.04 Å². The lowest BCUT2D eigenvalue weighted by atomic mass is 10.1. The minimum absolute atomic E-state index is 0.0188. The normalized spacial score (nSPS) is 15.9. The second-order valence-electron chi connectivity index (χ2n) is 4.79. The number of hydrogen-bond acceptors (Lipinski definition) is 3. The predicted octanol–water partition coefficient (Wildman–Crippen LogP) is 1.99. The SMILES string of the molecule is O=C(c1cccc(C(F)(F)F)c1)N1CC(n2nccn2)C1. The number of rotatable bonds is 2. The lowest BCUT2D eigenvalue weighted by molar-refractivity contribution is -0.137. The van der Waals surface area contributed by atoms with Crippen molar-refractivity contribution >= 4 is 5.91 Å². The zero-order valence-electron chi connectivity index (χ0n) is 10.8. The van der Waals surface area contributed by atoms with Crippen LogP contribution in [-0.2, 0) is 6.18 Å². The summed E-state index contributed by atoms with van der Waals surface area (Å²) in [7, 11) is 0. The highest BCUT2D eigenvalue weighted by atomic mass is 19.4. The van der Waals surface area contributed by atoms with Crippen molar-refractivity contribution in [1.29, 1.82) is 0 Å². The van der Waals surface area contributed by atoms with Crippen LogP contribution in [0.5, 0.6) is 0 Å². The van der Waals surface area contributed by atoms with Crippen molar-refractivity contribution in [3.05, 3.63) is 47.8 Å². The van der Waals surface area contributed by atoms with Crippen LogP contribution in [0.4, 0.5) is 13.2 Å². The minimum atomic E-state index is -4.45. The summed E-state index contributed by atoms with van der Waals surface area (Å²) >= 11 is 0. The van der Waals surface area contributed by atoms with Gasteiger partial charge >= 0.3 is 6.18 Å². The molecule has 1 aliphatic heterocycles. The summed E-state index contributed by atoms with van der Waals surface area (Å²) in [4.78, 5) is 15.1. The first-order valence-electron chi connectivity index (χ1n) is 6.27. The summed E-state index contributed by atoms with van der Waals surface area (Å²) in [6.45, 7) is 0.785. The number of amides is 1. The molecule has 3 rings (SSSR count). The van der Waals surface area contributed by atoms with Gasteiger partial charge in [-0.15, -0.1) is 0 Å². The number of halogens is 3. The van der Waals surface area contributed by atoms with Crippen LogP contribution in [0.15, 0.2) is 36.7 Å². The Morgan fingerprint density at radius 2 is 1.86 bits per heavy atom. The average molecular weight is 296 g/mol. The number of alkyl halides is 3. The number of nitrogens with zero attached hydrogens (tertiary/aromatic N) is 4. The molecular weight excluding hydrogens is 285 g/mol. The fourth-order valence-electron chi connectivity index (χ4n) is 2.19. The Bertz CT molecular complexity index is 648. The molecule has 0 unspecified atom stereocenters. The first-order valence-corrected chi connectivity index (χ1v) is 6.27. The van der Waals surface area contributed by atoms with Crippen LogP contribution in [0.3, 0.4) is 0 Å². The van der Waals surface area contributed by atoms with E-state index in [0.717, 1.165) is 12.1 Å².